The number of hydrogen-bond acceptors (Lipinski definition) is 4. The zero-order chi connectivity index (χ0) is 14.8. The standard InChI is InChI=1S/C14H17FN4O2/c15-11-2-1-10(18-7-4-16-5-8-18)9-12(11)19-6-3-13(20)17-14(19)21/h1-2,9,16H,3-8H2,(H,17,20,21). The Bertz CT molecular complexity index is 572. The van der Waals surface area contributed by atoms with Gasteiger partial charge in [0.2, 0.25) is 5.91 Å². The van der Waals surface area contributed by atoms with E-state index in [9.17, 15) is 14.0 Å². The third kappa shape index (κ3) is 2.82. The highest BCUT2D eigenvalue weighted by molar-refractivity contribution is 6.05. The first-order valence-electron chi connectivity index (χ1n) is 7.02. The van der Waals surface area contributed by atoms with Gasteiger partial charge >= 0.3 is 6.03 Å². The number of rotatable bonds is 2. The van der Waals surface area contributed by atoms with Crippen molar-refractivity contribution in [3.63, 3.8) is 0 Å². The molecule has 7 heteroatoms. The molecule has 0 spiro atoms. The van der Waals surface area contributed by atoms with Gasteiger partial charge in [0.15, 0.2) is 0 Å². The number of anilines is 2. The molecule has 0 atom stereocenters. The van der Waals surface area contributed by atoms with Gasteiger partial charge in [0, 0.05) is 44.8 Å². The van der Waals surface area contributed by atoms with Crippen LogP contribution in [0, 0.1) is 5.82 Å². The smallest absolute Gasteiger partial charge is 0.328 e. The molecule has 0 radical (unpaired) electrons. The van der Waals surface area contributed by atoms with E-state index in [4.69, 9.17) is 0 Å². The fraction of sp³-hybridized carbons (Fsp3) is 0.429. The van der Waals surface area contributed by atoms with Crippen molar-refractivity contribution < 1.29 is 14.0 Å². The number of carbonyl (C=O) groups is 2. The summed E-state index contributed by atoms with van der Waals surface area (Å²) in [4.78, 5) is 26.5. The fourth-order valence-electron chi connectivity index (χ4n) is 2.62. The molecule has 3 rings (SSSR count). The molecule has 0 saturated carbocycles. The largest absolute Gasteiger partial charge is 0.369 e. The lowest BCUT2D eigenvalue weighted by Gasteiger charge is -2.31. The molecule has 3 amide bonds. The van der Waals surface area contributed by atoms with Gasteiger partial charge in [0.1, 0.15) is 5.82 Å². The van der Waals surface area contributed by atoms with Gasteiger partial charge in [0.05, 0.1) is 5.69 Å². The van der Waals surface area contributed by atoms with Crippen molar-refractivity contribution in [3.05, 3.63) is 24.0 Å². The second-order valence-electron chi connectivity index (χ2n) is 5.13. The van der Waals surface area contributed by atoms with E-state index >= 15 is 0 Å². The first-order valence-corrected chi connectivity index (χ1v) is 7.02. The topological polar surface area (TPSA) is 64.7 Å². The van der Waals surface area contributed by atoms with Gasteiger partial charge < -0.3 is 10.2 Å². The number of benzene rings is 1. The summed E-state index contributed by atoms with van der Waals surface area (Å²) in [5.74, 6) is -0.784. The lowest BCUT2D eigenvalue weighted by molar-refractivity contribution is -0.120. The maximum atomic E-state index is 14.1. The molecule has 6 nitrogen and oxygen atoms in total. The predicted octanol–water partition coefficient (Wildman–Crippen LogP) is 0.682. The zero-order valence-corrected chi connectivity index (χ0v) is 11.6. The second kappa shape index (κ2) is 5.69. The van der Waals surface area contributed by atoms with Crippen LogP contribution >= 0.6 is 0 Å². The van der Waals surface area contributed by atoms with E-state index in [2.05, 4.69) is 15.5 Å². The van der Waals surface area contributed by atoms with Gasteiger partial charge in [0.25, 0.3) is 0 Å². The molecule has 0 bridgehead atoms. The molecule has 0 unspecified atom stereocenters. The van der Waals surface area contributed by atoms with Crippen molar-refractivity contribution in [3.8, 4) is 0 Å². The number of nitrogens with zero attached hydrogens (tertiary/aromatic N) is 2. The molecule has 2 fully saturated rings. The van der Waals surface area contributed by atoms with E-state index in [-0.39, 0.29) is 24.6 Å². The lowest BCUT2D eigenvalue weighted by atomic mass is 10.2. The maximum Gasteiger partial charge on any atom is 0.328 e. The monoisotopic (exact) mass is 292 g/mol. The highest BCUT2D eigenvalue weighted by Crippen LogP contribution is 2.27. The SMILES string of the molecule is O=C1CCN(c2cc(N3CCNCC3)ccc2F)C(=O)N1. The number of amides is 3. The second-order valence-corrected chi connectivity index (χ2v) is 5.13. The highest BCUT2D eigenvalue weighted by atomic mass is 19.1. The van der Waals surface area contributed by atoms with Crippen molar-refractivity contribution in [1.82, 2.24) is 10.6 Å². The first-order chi connectivity index (χ1) is 10.1. The van der Waals surface area contributed by atoms with E-state index in [1.165, 1.54) is 11.0 Å². The molecular weight excluding hydrogens is 275 g/mol. The maximum absolute atomic E-state index is 14.1. The number of nitrogens with one attached hydrogen (secondary N) is 2. The third-order valence-corrected chi connectivity index (χ3v) is 3.76. The van der Waals surface area contributed by atoms with Crippen LogP contribution in [0.2, 0.25) is 0 Å². The molecule has 2 aliphatic rings. The van der Waals surface area contributed by atoms with Crippen LogP contribution in [0.1, 0.15) is 6.42 Å². The van der Waals surface area contributed by atoms with Gasteiger partial charge in [-0.2, -0.15) is 0 Å². The van der Waals surface area contributed by atoms with E-state index in [0.29, 0.717) is 0 Å². The van der Waals surface area contributed by atoms with Crippen molar-refractivity contribution in [2.75, 3.05) is 42.5 Å². The van der Waals surface area contributed by atoms with Crippen LogP contribution in [-0.4, -0.2) is 44.7 Å². The number of halogens is 1. The van der Waals surface area contributed by atoms with Crippen molar-refractivity contribution in [2.45, 2.75) is 6.42 Å². The number of imide groups is 1. The summed E-state index contributed by atoms with van der Waals surface area (Å²) in [6.07, 6.45) is 0.184. The molecular formula is C14H17FN4O2. The van der Waals surface area contributed by atoms with Crippen LogP contribution in [0.15, 0.2) is 18.2 Å². The quantitative estimate of drug-likeness (QED) is 0.841. The summed E-state index contributed by atoms with van der Waals surface area (Å²) in [6.45, 7) is 3.65. The van der Waals surface area contributed by atoms with Gasteiger partial charge in [-0.25, -0.2) is 9.18 Å². The average molecular weight is 292 g/mol. The molecule has 2 saturated heterocycles. The molecule has 112 valence electrons. The Labute approximate surface area is 121 Å². The van der Waals surface area contributed by atoms with Crippen LogP contribution < -0.4 is 20.4 Å². The van der Waals surface area contributed by atoms with E-state index in [1.54, 1.807) is 12.1 Å². The van der Waals surface area contributed by atoms with Crippen LogP contribution in [0.5, 0.6) is 0 Å². The Balaban J connectivity index is 1.87. The first kappa shape index (κ1) is 13.8. The molecule has 1 aromatic carbocycles. The van der Waals surface area contributed by atoms with Crippen molar-refractivity contribution in [2.24, 2.45) is 0 Å². The van der Waals surface area contributed by atoms with Gasteiger partial charge in [-0.05, 0) is 18.2 Å². The number of hydrogen-bond donors (Lipinski definition) is 2. The zero-order valence-electron chi connectivity index (χ0n) is 11.6. The Morgan fingerprint density at radius 2 is 1.86 bits per heavy atom. The molecule has 2 N–H and O–H groups in total. The molecule has 21 heavy (non-hydrogen) atoms. The highest BCUT2D eigenvalue weighted by Gasteiger charge is 2.27. The van der Waals surface area contributed by atoms with Crippen molar-refractivity contribution in [1.29, 1.82) is 0 Å². The van der Waals surface area contributed by atoms with Gasteiger partial charge in [-0.15, -0.1) is 0 Å². The third-order valence-electron chi connectivity index (χ3n) is 3.76. The van der Waals surface area contributed by atoms with Crippen LogP contribution in [0.4, 0.5) is 20.6 Å². The predicted molar refractivity (Wildman–Crippen MR) is 77.0 cm³/mol. The molecule has 0 aliphatic carbocycles. The summed E-state index contributed by atoms with van der Waals surface area (Å²) in [6, 6.07) is 4.20. The molecule has 2 heterocycles. The molecule has 2 aliphatic heterocycles. The Morgan fingerprint density at radius 3 is 2.57 bits per heavy atom. The van der Waals surface area contributed by atoms with E-state index in [1.807, 2.05) is 0 Å². The van der Waals surface area contributed by atoms with Crippen LogP contribution in [-0.2, 0) is 4.79 Å². The number of carbonyl (C=O) groups excluding carboxylic acids is 2. The summed E-state index contributed by atoms with van der Waals surface area (Å²) >= 11 is 0. The summed E-state index contributed by atoms with van der Waals surface area (Å²) in [5, 5.41) is 5.47. The summed E-state index contributed by atoms with van der Waals surface area (Å²) in [5.41, 5.74) is 1.11. The van der Waals surface area contributed by atoms with E-state index in [0.717, 1.165) is 31.9 Å². The minimum Gasteiger partial charge on any atom is -0.369 e. The molecule has 1 aromatic rings. The van der Waals surface area contributed by atoms with Crippen LogP contribution in [0.3, 0.4) is 0 Å². The average Bonchev–Trinajstić information content (AvgIpc) is 2.49. The van der Waals surface area contributed by atoms with E-state index < -0.39 is 11.8 Å². The van der Waals surface area contributed by atoms with Gasteiger partial charge in [-0.3, -0.25) is 15.0 Å². The minimum atomic E-state index is -0.567. The summed E-state index contributed by atoms with van der Waals surface area (Å²) < 4.78 is 14.1. The van der Waals surface area contributed by atoms with Crippen molar-refractivity contribution >= 4 is 23.3 Å². The fourth-order valence-corrected chi connectivity index (χ4v) is 2.62. The Kier molecular flexibility index (Phi) is 3.74. The lowest BCUT2D eigenvalue weighted by Crippen LogP contribution is -2.50. The Morgan fingerprint density at radius 1 is 1.10 bits per heavy atom. The Hall–Kier alpha value is -2.15. The number of piperazine rings is 1. The minimum absolute atomic E-state index is 0.184. The van der Waals surface area contributed by atoms with Crippen LogP contribution in [0.25, 0.3) is 0 Å². The summed E-state index contributed by atoms with van der Waals surface area (Å²) in [7, 11) is 0. The van der Waals surface area contributed by atoms with Gasteiger partial charge in [-0.1, -0.05) is 0 Å². The number of urea groups is 1. The normalized spacial score (nSPS) is 19.7. The molecule has 0 aromatic heterocycles.